The van der Waals surface area contributed by atoms with Crippen molar-refractivity contribution >= 4 is 17.4 Å². The minimum atomic E-state index is -0.736. The Labute approximate surface area is 200 Å². The molecule has 1 aliphatic heterocycles. The zero-order valence-electron chi connectivity index (χ0n) is 20.5. The number of likely N-dealkylation sites (tertiary alicyclic amines) is 1. The smallest absolute Gasteiger partial charge is 0.295 e. The standard InChI is InChI=1S/C27H33NO6/c1-6-33-20-11-8-18(9-12-20)24-23(26(30)27(31)28(24)14-15-32-5)25(29)19-10-13-22(34-7-2)21(16-19)17(3)4/h8-13,16-17,24,29H,6-7,14-15H2,1-5H3/b25-23-. The second-order valence-electron chi connectivity index (χ2n) is 8.33. The second-order valence-corrected chi connectivity index (χ2v) is 8.33. The van der Waals surface area contributed by atoms with Gasteiger partial charge in [0.25, 0.3) is 11.7 Å². The van der Waals surface area contributed by atoms with Crippen molar-refractivity contribution in [3.63, 3.8) is 0 Å². The zero-order valence-corrected chi connectivity index (χ0v) is 20.5. The largest absolute Gasteiger partial charge is 0.507 e. The van der Waals surface area contributed by atoms with E-state index in [0.717, 1.165) is 11.3 Å². The summed E-state index contributed by atoms with van der Waals surface area (Å²) in [5.74, 6) is -0.0202. The van der Waals surface area contributed by atoms with Crippen molar-refractivity contribution < 1.29 is 28.9 Å². The highest BCUT2D eigenvalue weighted by Gasteiger charge is 2.45. The lowest BCUT2D eigenvalue weighted by Gasteiger charge is -2.25. The zero-order chi connectivity index (χ0) is 24.8. The van der Waals surface area contributed by atoms with Crippen LogP contribution >= 0.6 is 0 Å². The molecule has 1 amide bonds. The van der Waals surface area contributed by atoms with E-state index >= 15 is 0 Å². The number of methoxy groups -OCH3 is 1. The minimum absolute atomic E-state index is 0.0594. The number of nitrogens with zero attached hydrogens (tertiary/aromatic N) is 1. The van der Waals surface area contributed by atoms with Crippen LogP contribution in [-0.4, -0.2) is 55.2 Å². The minimum Gasteiger partial charge on any atom is -0.507 e. The molecule has 1 N–H and O–H groups in total. The number of rotatable bonds is 10. The first-order chi connectivity index (χ1) is 16.3. The number of Topliss-reactive ketones (excluding diaryl/α,β-unsaturated/α-hetero) is 1. The lowest BCUT2D eigenvalue weighted by Crippen LogP contribution is -2.32. The maximum atomic E-state index is 13.1. The van der Waals surface area contributed by atoms with Gasteiger partial charge in [-0.2, -0.15) is 0 Å². The van der Waals surface area contributed by atoms with Crippen molar-refractivity contribution in [1.82, 2.24) is 4.90 Å². The molecule has 1 aliphatic rings. The first-order valence-electron chi connectivity index (χ1n) is 11.6. The Morgan fingerprint density at radius 1 is 1.03 bits per heavy atom. The van der Waals surface area contributed by atoms with E-state index in [-0.39, 0.29) is 30.4 Å². The van der Waals surface area contributed by atoms with Crippen LogP contribution in [0.15, 0.2) is 48.0 Å². The second kappa shape index (κ2) is 11.2. The van der Waals surface area contributed by atoms with Gasteiger partial charge in [-0.15, -0.1) is 0 Å². The third-order valence-corrected chi connectivity index (χ3v) is 5.79. The van der Waals surface area contributed by atoms with Crippen molar-refractivity contribution in [2.24, 2.45) is 0 Å². The molecule has 1 atom stereocenters. The number of carbonyl (C=O) groups is 2. The number of aliphatic hydroxyl groups excluding tert-OH is 1. The molecular weight excluding hydrogens is 434 g/mol. The first kappa shape index (κ1) is 25.3. The maximum Gasteiger partial charge on any atom is 0.295 e. The summed E-state index contributed by atoms with van der Waals surface area (Å²) in [6, 6.07) is 11.8. The number of hydrogen-bond donors (Lipinski definition) is 1. The molecule has 0 bridgehead atoms. The molecule has 0 radical (unpaired) electrons. The van der Waals surface area contributed by atoms with Crippen LogP contribution in [-0.2, 0) is 14.3 Å². The van der Waals surface area contributed by atoms with Crippen molar-refractivity contribution in [2.45, 2.75) is 39.7 Å². The van der Waals surface area contributed by atoms with E-state index < -0.39 is 17.7 Å². The third-order valence-electron chi connectivity index (χ3n) is 5.79. The maximum absolute atomic E-state index is 13.1. The van der Waals surface area contributed by atoms with Gasteiger partial charge >= 0.3 is 0 Å². The summed E-state index contributed by atoms with van der Waals surface area (Å²) >= 11 is 0. The summed E-state index contributed by atoms with van der Waals surface area (Å²) in [7, 11) is 1.54. The molecule has 1 heterocycles. The Kier molecular flexibility index (Phi) is 8.34. The Balaban J connectivity index is 2.14. The van der Waals surface area contributed by atoms with Crippen LogP contribution in [0.1, 0.15) is 56.3 Å². The Bertz CT molecular complexity index is 1060. The van der Waals surface area contributed by atoms with Gasteiger partial charge in [-0.25, -0.2) is 0 Å². The molecule has 7 heteroatoms. The molecule has 0 saturated carbocycles. The van der Waals surface area contributed by atoms with Crippen molar-refractivity contribution in [3.05, 3.63) is 64.7 Å². The predicted octanol–water partition coefficient (Wildman–Crippen LogP) is 4.68. The Morgan fingerprint density at radius 3 is 2.29 bits per heavy atom. The fraction of sp³-hybridized carbons (Fsp3) is 0.407. The summed E-state index contributed by atoms with van der Waals surface area (Å²) < 4.78 is 16.4. The third kappa shape index (κ3) is 5.09. The molecule has 3 rings (SSSR count). The summed E-state index contributed by atoms with van der Waals surface area (Å²) in [6.45, 7) is 9.41. The number of ether oxygens (including phenoxy) is 3. The van der Waals surface area contributed by atoms with Crippen LogP contribution in [0.25, 0.3) is 5.76 Å². The topological polar surface area (TPSA) is 85.3 Å². The average molecular weight is 468 g/mol. The Morgan fingerprint density at radius 2 is 1.71 bits per heavy atom. The molecule has 2 aromatic carbocycles. The number of ketones is 1. The van der Waals surface area contributed by atoms with Crippen molar-refractivity contribution in [3.8, 4) is 11.5 Å². The van der Waals surface area contributed by atoms with Gasteiger partial charge in [0.05, 0.1) is 31.4 Å². The van der Waals surface area contributed by atoms with Gasteiger partial charge in [-0.1, -0.05) is 26.0 Å². The van der Waals surface area contributed by atoms with Gasteiger partial charge in [-0.3, -0.25) is 9.59 Å². The Hall–Kier alpha value is -3.32. The summed E-state index contributed by atoms with van der Waals surface area (Å²) in [5, 5.41) is 11.3. The van der Waals surface area contributed by atoms with Gasteiger partial charge in [0.15, 0.2) is 0 Å². The van der Waals surface area contributed by atoms with Gasteiger partial charge in [0.2, 0.25) is 0 Å². The number of benzene rings is 2. The average Bonchev–Trinajstić information content (AvgIpc) is 3.08. The molecule has 1 fully saturated rings. The van der Waals surface area contributed by atoms with E-state index in [1.165, 1.54) is 12.0 Å². The highest BCUT2D eigenvalue weighted by molar-refractivity contribution is 6.46. The number of amides is 1. The molecule has 0 aromatic heterocycles. The van der Waals surface area contributed by atoms with Crippen LogP contribution < -0.4 is 9.47 Å². The van der Waals surface area contributed by atoms with Crippen LogP contribution in [0.2, 0.25) is 0 Å². The highest BCUT2D eigenvalue weighted by Crippen LogP contribution is 2.40. The summed E-state index contributed by atoms with van der Waals surface area (Å²) in [6.07, 6.45) is 0. The molecule has 7 nitrogen and oxygen atoms in total. The molecule has 34 heavy (non-hydrogen) atoms. The van der Waals surface area contributed by atoms with E-state index in [2.05, 4.69) is 0 Å². The van der Waals surface area contributed by atoms with Crippen LogP contribution in [0.5, 0.6) is 11.5 Å². The summed E-state index contributed by atoms with van der Waals surface area (Å²) in [4.78, 5) is 27.5. The molecule has 2 aromatic rings. The van der Waals surface area contributed by atoms with Crippen molar-refractivity contribution in [1.29, 1.82) is 0 Å². The number of aliphatic hydroxyl groups is 1. The van der Waals surface area contributed by atoms with Crippen LogP contribution in [0.4, 0.5) is 0 Å². The lowest BCUT2D eigenvalue weighted by atomic mass is 9.93. The normalized spacial score (nSPS) is 17.5. The highest BCUT2D eigenvalue weighted by atomic mass is 16.5. The number of hydrogen-bond acceptors (Lipinski definition) is 6. The van der Waals surface area contributed by atoms with Gasteiger partial charge in [0, 0.05) is 19.2 Å². The van der Waals surface area contributed by atoms with Gasteiger partial charge in [0.1, 0.15) is 17.3 Å². The van der Waals surface area contributed by atoms with E-state index in [4.69, 9.17) is 14.2 Å². The van der Waals surface area contributed by atoms with E-state index in [0.29, 0.717) is 30.1 Å². The van der Waals surface area contributed by atoms with E-state index in [1.807, 2.05) is 45.9 Å². The van der Waals surface area contributed by atoms with Crippen LogP contribution in [0, 0.1) is 0 Å². The van der Waals surface area contributed by atoms with Crippen molar-refractivity contribution in [2.75, 3.05) is 33.5 Å². The van der Waals surface area contributed by atoms with E-state index in [1.54, 1.807) is 24.3 Å². The van der Waals surface area contributed by atoms with Crippen LogP contribution in [0.3, 0.4) is 0 Å². The fourth-order valence-corrected chi connectivity index (χ4v) is 4.15. The lowest BCUT2D eigenvalue weighted by molar-refractivity contribution is -0.140. The quantitative estimate of drug-likeness (QED) is 0.310. The predicted molar refractivity (Wildman–Crippen MR) is 130 cm³/mol. The number of carbonyl (C=O) groups excluding carboxylic acids is 2. The SMILES string of the molecule is CCOc1ccc(C2/C(=C(/O)c3ccc(OCC)c(C(C)C)c3)C(=O)C(=O)N2CCOC)cc1. The molecule has 182 valence electrons. The molecule has 0 spiro atoms. The molecule has 0 aliphatic carbocycles. The first-order valence-corrected chi connectivity index (χ1v) is 11.6. The molecular formula is C27H33NO6. The van der Waals surface area contributed by atoms with Gasteiger partial charge < -0.3 is 24.2 Å². The fourth-order valence-electron chi connectivity index (χ4n) is 4.15. The van der Waals surface area contributed by atoms with Gasteiger partial charge in [-0.05, 0) is 61.2 Å². The molecule has 1 unspecified atom stereocenters. The summed E-state index contributed by atoms with van der Waals surface area (Å²) in [5.41, 5.74) is 2.14. The molecule has 1 saturated heterocycles. The monoisotopic (exact) mass is 467 g/mol. The van der Waals surface area contributed by atoms with E-state index in [9.17, 15) is 14.7 Å².